The Morgan fingerprint density at radius 2 is 2.00 bits per heavy atom. The summed E-state index contributed by atoms with van der Waals surface area (Å²) in [6.07, 6.45) is 1.26. The van der Waals surface area contributed by atoms with Crippen LogP contribution in [0.5, 0.6) is 0 Å². The Labute approximate surface area is 106 Å². The molecule has 3 N–H and O–H groups in total. The molecular formula is C12H18N4O2. The van der Waals surface area contributed by atoms with E-state index in [1.165, 1.54) is 0 Å². The topological polar surface area (TPSA) is 81.2 Å². The number of methoxy groups -OCH3 is 2. The van der Waals surface area contributed by atoms with Gasteiger partial charge in [-0.25, -0.2) is 10.4 Å². The van der Waals surface area contributed by atoms with Gasteiger partial charge in [-0.05, 0) is 5.56 Å². The molecule has 0 aromatic heterocycles. The van der Waals surface area contributed by atoms with Gasteiger partial charge in [-0.2, -0.15) is 5.10 Å². The molecule has 0 unspecified atom stereocenters. The highest BCUT2D eigenvalue weighted by Gasteiger charge is 2.02. The quantitative estimate of drug-likeness (QED) is 0.334. The summed E-state index contributed by atoms with van der Waals surface area (Å²) in [6, 6.07) is 9.67. The molecule has 1 aromatic carbocycles. The van der Waals surface area contributed by atoms with E-state index < -0.39 is 6.29 Å². The van der Waals surface area contributed by atoms with Gasteiger partial charge in [-0.3, -0.25) is 0 Å². The normalized spacial score (nSPS) is 12.3. The van der Waals surface area contributed by atoms with Crippen LogP contribution in [-0.2, 0) is 9.47 Å². The smallest absolute Gasteiger partial charge is 0.209 e. The molecule has 1 aromatic rings. The van der Waals surface area contributed by atoms with Crippen molar-refractivity contribution in [3.63, 3.8) is 0 Å². The monoisotopic (exact) mass is 250 g/mol. The lowest BCUT2D eigenvalue weighted by Crippen LogP contribution is -2.29. The summed E-state index contributed by atoms with van der Waals surface area (Å²) in [5.74, 6) is 0.210. The number of aliphatic imine (C=N–C) groups is 1. The number of benzene rings is 1. The van der Waals surface area contributed by atoms with Crippen molar-refractivity contribution >= 4 is 12.2 Å². The average Bonchev–Trinajstić information content (AvgIpc) is 2.41. The summed E-state index contributed by atoms with van der Waals surface area (Å²) in [6.45, 7) is 0.312. The lowest BCUT2D eigenvalue weighted by molar-refractivity contribution is -0.0937. The number of nitrogens with zero attached hydrogens (tertiary/aromatic N) is 2. The van der Waals surface area contributed by atoms with Crippen LogP contribution in [-0.4, -0.2) is 39.2 Å². The molecule has 6 nitrogen and oxygen atoms in total. The van der Waals surface area contributed by atoms with Gasteiger partial charge in [-0.15, -0.1) is 0 Å². The van der Waals surface area contributed by atoms with Crippen LogP contribution in [0.4, 0.5) is 0 Å². The van der Waals surface area contributed by atoms with E-state index >= 15 is 0 Å². The lowest BCUT2D eigenvalue weighted by Gasteiger charge is -2.10. The number of ether oxygens (including phenoxy) is 2. The fourth-order valence-electron chi connectivity index (χ4n) is 1.17. The first-order valence-electron chi connectivity index (χ1n) is 5.46. The summed E-state index contributed by atoms with van der Waals surface area (Å²) in [7, 11) is 3.09. The number of hydrazone groups is 1. The average molecular weight is 250 g/mol. The van der Waals surface area contributed by atoms with Crippen LogP contribution < -0.4 is 11.2 Å². The maximum Gasteiger partial charge on any atom is 0.209 e. The molecule has 0 fully saturated rings. The fraction of sp³-hybridized carbons (Fsp3) is 0.333. The van der Waals surface area contributed by atoms with Crippen molar-refractivity contribution in [2.75, 3.05) is 20.8 Å². The van der Waals surface area contributed by atoms with E-state index in [0.717, 1.165) is 5.56 Å². The Balaban J connectivity index is 2.38. The third-order valence-corrected chi connectivity index (χ3v) is 2.13. The first-order chi connectivity index (χ1) is 8.76. The molecule has 0 spiro atoms. The van der Waals surface area contributed by atoms with Crippen molar-refractivity contribution in [3.8, 4) is 0 Å². The second kappa shape index (κ2) is 8.21. The highest BCUT2D eigenvalue weighted by atomic mass is 16.7. The van der Waals surface area contributed by atoms with Crippen molar-refractivity contribution in [3.05, 3.63) is 35.9 Å². The molecule has 0 bridgehead atoms. The summed E-state index contributed by atoms with van der Waals surface area (Å²) >= 11 is 0. The Kier molecular flexibility index (Phi) is 6.45. The molecule has 6 heteroatoms. The van der Waals surface area contributed by atoms with E-state index in [1.54, 1.807) is 20.4 Å². The van der Waals surface area contributed by atoms with Gasteiger partial charge in [0.05, 0.1) is 12.8 Å². The first kappa shape index (κ1) is 14.1. The van der Waals surface area contributed by atoms with Crippen LogP contribution in [0.1, 0.15) is 5.56 Å². The van der Waals surface area contributed by atoms with Gasteiger partial charge in [0.2, 0.25) is 5.96 Å². The Bertz CT molecular complexity index is 388. The van der Waals surface area contributed by atoms with E-state index in [-0.39, 0.29) is 5.96 Å². The number of nitrogens with one attached hydrogen (secondary N) is 1. The molecule has 0 heterocycles. The second-order valence-corrected chi connectivity index (χ2v) is 3.41. The summed E-state index contributed by atoms with van der Waals surface area (Å²) < 4.78 is 9.95. The second-order valence-electron chi connectivity index (χ2n) is 3.41. The summed E-state index contributed by atoms with van der Waals surface area (Å²) in [4.78, 5) is 4.02. The van der Waals surface area contributed by atoms with Crippen molar-refractivity contribution in [2.24, 2.45) is 15.8 Å². The van der Waals surface area contributed by atoms with Gasteiger partial charge < -0.3 is 15.2 Å². The minimum absolute atomic E-state index is 0.210. The maximum atomic E-state index is 5.61. The molecule has 0 aliphatic carbocycles. The van der Waals surface area contributed by atoms with Gasteiger partial charge in [0.15, 0.2) is 6.29 Å². The van der Waals surface area contributed by atoms with E-state index in [2.05, 4.69) is 15.5 Å². The van der Waals surface area contributed by atoms with Crippen LogP contribution in [0, 0.1) is 0 Å². The number of rotatable bonds is 6. The maximum absolute atomic E-state index is 5.61. The zero-order chi connectivity index (χ0) is 13.2. The lowest BCUT2D eigenvalue weighted by atomic mass is 10.2. The molecule has 0 saturated carbocycles. The SMILES string of the molecule is COC(CN=C(N)N/N=C/c1ccccc1)OC. The highest BCUT2D eigenvalue weighted by molar-refractivity contribution is 5.82. The molecular weight excluding hydrogens is 232 g/mol. The molecule has 0 aliphatic rings. The zero-order valence-corrected chi connectivity index (χ0v) is 10.5. The van der Waals surface area contributed by atoms with Crippen molar-refractivity contribution in [1.29, 1.82) is 0 Å². The zero-order valence-electron chi connectivity index (χ0n) is 10.5. The minimum Gasteiger partial charge on any atom is -0.369 e. The predicted molar refractivity (Wildman–Crippen MR) is 71.5 cm³/mol. The van der Waals surface area contributed by atoms with Crippen LogP contribution in [0.3, 0.4) is 0 Å². The first-order valence-corrected chi connectivity index (χ1v) is 5.46. The highest BCUT2D eigenvalue weighted by Crippen LogP contribution is 1.93. The number of guanidine groups is 1. The Hall–Kier alpha value is -1.92. The third kappa shape index (κ3) is 5.42. The molecule has 0 atom stereocenters. The molecule has 0 aliphatic heterocycles. The van der Waals surface area contributed by atoms with Crippen LogP contribution in [0.2, 0.25) is 0 Å². The van der Waals surface area contributed by atoms with Gasteiger partial charge in [0.1, 0.15) is 0 Å². The summed E-state index contributed by atoms with van der Waals surface area (Å²) in [5.41, 5.74) is 9.21. The molecule has 98 valence electrons. The number of hydrogen-bond donors (Lipinski definition) is 2. The Morgan fingerprint density at radius 1 is 1.33 bits per heavy atom. The number of nitrogens with two attached hydrogens (primary N) is 1. The third-order valence-electron chi connectivity index (χ3n) is 2.13. The van der Waals surface area contributed by atoms with Gasteiger partial charge in [0, 0.05) is 14.2 Å². The molecule has 18 heavy (non-hydrogen) atoms. The van der Waals surface area contributed by atoms with Gasteiger partial charge in [-0.1, -0.05) is 30.3 Å². The van der Waals surface area contributed by atoms with E-state index in [9.17, 15) is 0 Å². The van der Waals surface area contributed by atoms with Crippen molar-refractivity contribution < 1.29 is 9.47 Å². The number of hydrogen-bond acceptors (Lipinski definition) is 4. The molecule has 1 rings (SSSR count). The van der Waals surface area contributed by atoms with E-state index in [0.29, 0.717) is 6.54 Å². The predicted octanol–water partition coefficient (Wildman–Crippen LogP) is 0.544. The summed E-state index contributed by atoms with van der Waals surface area (Å²) in [5, 5.41) is 3.96. The molecule has 0 amide bonds. The van der Waals surface area contributed by atoms with Crippen molar-refractivity contribution in [2.45, 2.75) is 6.29 Å². The van der Waals surface area contributed by atoms with Crippen LogP contribution >= 0.6 is 0 Å². The largest absolute Gasteiger partial charge is 0.369 e. The van der Waals surface area contributed by atoms with Gasteiger partial charge >= 0.3 is 0 Å². The molecule has 0 saturated heterocycles. The van der Waals surface area contributed by atoms with Gasteiger partial charge in [0.25, 0.3) is 0 Å². The fourth-order valence-corrected chi connectivity index (χ4v) is 1.17. The Morgan fingerprint density at radius 3 is 2.61 bits per heavy atom. The molecule has 0 radical (unpaired) electrons. The van der Waals surface area contributed by atoms with E-state index in [4.69, 9.17) is 15.2 Å². The van der Waals surface area contributed by atoms with Crippen LogP contribution in [0.25, 0.3) is 0 Å². The van der Waals surface area contributed by atoms with Crippen molar-refractivity contribution in [1.82, 2.24) is 5.43 Å². The van der Waals surface area contributed by atoms with E-state index in [1.807, 2.05) is 30.3 Å². The van der Waals surface area contributed by atoms with Crippen LogP contribution in [0.15, 0.2) is 40.4 Å². The standard InChI is InChI=1S/C12H18N4O2/c1-17-11(18-2)9-14-12(13)16-15-8-10-6-4-3-5-7-10/h3-8,11H,9H2,1-2H3,(H3,13,14,16)/b15-8+. The minimum atomic E-state index is -0.400.